The van der Waals surface area contributed by atoms with Gasteiger partial charge in [-0.05, 0) is 26.8 Å². The van der Waals surface area contributed by atoms with Crippen LogP contribution in [0.15, 0.2) is 19.0 Å². The first-order valence-electron chi connectivity index (χ1n) is 6.29. The minimum absolute atomic E-state index is 0.594. The zero-order valence-electron chi connectivity index (χ0n) is 10.8. The zero-order valence-corrected chi connectivity index (χ0v) is 10.8. The summed E-state index contributed by atoms with van der Waals surface area (Å²) in [5.74, 6) is 0. The molecule has 1 heterocycles. The lowest BCUT2D eigenvalue weighted by atomic mass is 10.2. The molecule has 2 rings (SSSR count). The fraction of sp³-hybridized carbons (Fsp3) is 0.615. The van der Waals surface area contributed by atoms with Crippen molar-refractivity contribution in [3.63, 3.8) is 0 Å². The van der Waals surface area contributed by atoms with E-state index in [1.807, 2.05) is 12.4 Å². The third-order valence-corrected chi connectivity index (χ3v) is 3.43. The van der Waals surface area contributed by atoms with Crippen molar-refractivity contribution < 1.29 is 0 Å². The Morgan fingerprint density at radius 2 is 2.47 bits per heavy atom. The summed E-state index contributed by atoms with van der Waals surface area (Å²) < 4.78 is 1.73. The maximum absolute atomic E-state index is 4.15. The summed E-state index contributed by atoms with van der Waals surface area (Å²) in [6, 6.07) is 1.42. The molecule has 0 spiro atoms. The summed E-state index contributed by atoms with van der Waals surface area (Å²) in [6.45, 7) is 7.84. The number of aromatic nitrogens is 2. The summed E-state index contributed by atoms with van der Waals surface area (Å²) in [4.78, 5) is 2.47. The molecule has 1 aromatic heterocycles. The molecule has 0 radical (unpaired) electrons. The summed E-state index contributed by atoms with van der Waals surface area (Å²) >= 11 is 0. The predicted molar refractivity (Wildman–Crippen MR) is 70.6 cm³/mol. The van der Waals surface area contributed by atoms with Gasteiger partial charge in [-0.25, -0.2) is 4.68 Å². The molecule has 1 unspecified atom stereocenters. The summed E-state index contributed by atoms with van der Waals surface area (Å²) in [6.07, 6.45) is 8.31. The Kier molecular flexibility index (Phi) is 3.97. The van der Waals surface area contributed by atoms with Crippen molar-refractivity contribution in [2.24, 2.45) is 0 Å². The van der Waals surface area contributed by atoms with Gasteiger partial charge in [-0.15, -0.1) is 0 Å². The van der Waals surface area contributed by atoms with Crippen LogP contribution in [0.1, 0.15) is 25.3 Å². The van der Waals surface area contributed by atoms with E-state index in [2.05, 4.69) is 35.9 Å². The van der Waals surface area contributed by atoms with Gasteiger partial charge < -0.3 is 5.32 Å². The third-order valence-electron chi connectivity index (χ3n) is 3.43. The van der Waals surface area contributed by atoms with E-state index in [1.165, 1.54) is 18.4 Å². The van der Waals surface area contributed by atoms with Crippen molar-refractivity contribution >= 4 is 6.20 Å². The Bertz CT molecular complexity index is 367. The van der Waals surface area contributed by atoms with Gasteiger partial charge in [0.05, 0.1) is 6.20 Å². The molecule has 1 fully saturated rings. The molecule has 0 saturated heterocycles. The Hall–Kier alpha value is -1.13. The number of likely N-dealkylation sites (N-methyl/N-ethyl adjacent to an activating group) is 1. The molecular weight excluding hydrogens is 212 g/mol. The molecule has 4 nitrogen and oxygen atoms in total. The van der Waals surface area contributed by atoms with E-state index in [0.717, 1.165) is 19.1 Å². The fourth-order valence-electron chi connectivity index (χ4n) is 1.98. The minimum atomic E-state index is 0.594. The van der Waals surface area contributed by atoms with Crippen molar-refractivity contribution in [3.05, 3.63) is 24.5 Å². The van der Waals surface area contributed by atoms with Crippen LogP contribution in [0.25, 0.3) is 6.20 Å². The van der Waals surface area contributed by atoms with Crippen LogP contribution in [0.5, 0.6) is 0 Å². The lowest BCUT2D eigenvalue weighted by Gasteiger charge is -2.24. The number of nitrogens with one attached hydrogen (secondary N) is 1. The summed E-state index contributed by atoms with van der Waals surface area (Å²) in [5.41, 5.74) is 1.20. The minimum Gasteiger partial charge on any atom is -0.311 e. The van der Waals surface area contributed by atoms with Gasteiger partial charge in [0.25, 0.3) is 0 Å². The lowest BCUT2D eigenvalue weighted by molar-refractivity contribution is 0.241. The molecule has 0 aromatic carbocycles. The molecule has 4 heteroatoms. The van der Waals surface area contributed by atoms with E-state index in [4.69, 9.17) is 0 Å². The van der Waals surface area contributed by atoms with Crippen LogP contribution >= 0.6 is 0 Å². The second kappa shape index (κ2) is 5.47. The normalized spacial score (nSPS) is 17.4. The first-order chi connectivity index (χ1) is 8.20. The van der Waals surface area contributed by atoms with Crippen LogP contribution in [0.4, 0.5) is 0 Å². The SMILES string of the molecule is C=Cn1cc(CNCC(C)N(C)C2CC2)cn1. The topological polar surface area (TPSA) is 33.1 Å². The molecule has 0 amide bonds. The van der Waals surface area contributed by atoms with Crippen LogP contribution < -0.4 is 5.32 Å². The molecule has 0 bridgehead atoms. The van der Waals surface area contributed by atoms with Crippen molar-refractivity contribution in [1.29, 1.82) is 0 Å². The average Bonchev–Trinajstić information content (AvgIpc) is 3.08. The van der Waals surface area contributed by atoms with E-state index in [-0.39, 0.29) is 0 Å². The Morgan fingerprint density at radius 1 is 1.71 bits per heavy atom. The Morgan fingerprint density at radius 3 is 3.06 bits per heavy atom. The van der Waals surface area contributed by atoms with Crippen molar-refractivity contribution in [2.45, 2.75) is 38.4 Å². The van der Waals surface area contributed by atoms with Crippen LogP contribution in [0.3, 0.4) is 0 Å². The van der Waals surface area contributed by atoms with Gasteiger partial charge in [0.1, 0.15) is 0 Å². The van der Waals surface area contributed by atoms with Gasteiger partial charge in [0, 0.05) is 43.1 Å². The lowest BCUT2D eigenvalue weighted by Crippen LogP contribution is -2.38. The highest BCUT2D eigenvalue weighted by Gasteiger charge is 2.28. The summed E-state index contributed by atoms with van der Waals surface area (Å²) in [7, 11) is 2.22. The molecule has 1 atom stereocenters. The number of nitrogens with zero attached hydrogens (tertiary/aromatic N) is 3. The zero-order chi connectivity index (χ0) is 12.3. The van der Waals surface area contributed by atoms with Gasteiger partial charge in [-0.3, -0.25) is 4.90 Å². The molecule has 0 aliphatic heterocycles. The van der Waals surface area contributed by atoms with Gasteiger partial charge in [-0.1, -0.05) is 6.58 Å². The molecule has 1 saturated carbocycles. The first kappa shape index (κ1) is 12.3. The number of rotatable bonds is 7. The van der Waals surface area contributed by atoms with Gasteiger partial charge in [0.2, 0.25) is 0 Å². The van der Waals surface area contributed by atoms with E-state index < -0.39 is 0 Å². The highest BCUT2D eigenvalue weighted by atomic mass is 15.2. The standard InChI is InChI=1S/C13H22N4/c1-4-17-10-12(9-15-17)8-14-7-11(2)16(3)13-5-6-13/h4,9-11,13-14H,1,5-8H2,2-3H3. The molecule has 17 heavy (non-hydrogen) atoms. The predicted octanol–water partition coefficient (Wildman–Crippen LogP) is 1.56. The number of hydrogen-bond acceptors (Lipinski definition) is 3. The second-order valence-electron chi connectivity index (χ2n) is 4.89. The third kappa shape index (κ3) is 3.41. The molecule has 94 valence electrons. The smallest absolute Gasteiger partial charge is 0.0538 e. The molecule has 1 aliphatic rings. The van der Waals surface area contributed by atoms with E-state index >= 15 is 0 Å². The van der Waals surface area contributed by atoms with Crippen molar-refractivity contribution in [2.75, 3.05) is 13.6 Å². The van der Waals surface area contributed by atoms with Gasteiger partial charge in [0.15, 0.2) is 0 Å². The number of hydrogen-bond donors (Lipinski definition) is 1. The van der Waals surface area contributed by atoms with Crippen molar-refractivity contribution in [1.82, 2.24) is 20.0 Å². The fourth-order valence-corrected chi connectivity index (χ4v) is 1.98. The largest absolute Gasteiger partial charge is 0.311 e. The maximum Gasteiger partial charge on any atom is 0.0538 e. The van der Waals surface area contributed by atoms with Crippen LogP contribution in [0.2, 0.25) is 0 Å². The Labute approximate surface area is 103 Å². The van der Waals surface area contributed by atoms with E-state index in [1.54, 1.807) is 10.9 Å². The summed E-state index contributed by atoms with van der Waals surface area (Å²) in [5, 5.41) is 7.63. The van der Waals surface area contributed by atoms with Gasteiger partial charge >= 0.3 is 0 Å². The molecule has 1 N–H and O–H groups in total. The Balaban J connectivity index is 1.69. The van der Waals surface area contributed by atoms with Crippen LogP contribution in [0, 0.1) is 0 Å². The average molecular weight is 234 g/mol. The maximum atomic E-state index is 4.15. The van der Waals surface area contributed by atoms with Crippen LogP contribution in [-0.4, -0.2) is 40.4 Å². The van der Waals surface area contributed by atoms with Gasteiger partial charge in [-0.2, -0.15) is 5.10 Å². The first-order valence-corrected chi connectivity index (χ1v) is 6.29. The quantitative estimate of drug-likeness (QED) is 0.777. The second-order valence-corrected chi connectivity index (χ2v) is 4.89. The molecule has 1 aliphatic carbocycles. The highest BCUT2D eigenvalue weighted by Crippen LogP contribution is 2.26. The molecular formula is C13H22N4. The van der Waals surface area contributed by atoms with Crippen molar-refractivity contribution in [3.8, 4) is 0 Å². The van der Waals surface area contributed by atoms with E-state index in [9.17, 15) is 0 Å². The molecule has 1 aromatic rings. The monoisotopic (exact) mass is 234 g/mol. The van der Waals surface area contributed by atoms with E-state index in [0.29, 0.717) is 6.04 Å². The highest BCUT2D eigenvalue weighted by molar-refractivity contribution is 5.17. The van der Waals surface area contributed by atoms with Crippen LogP contribution in [-0.2, 0) is 6.54 Å².